The van der Waals surface area contributed by atoms with Crippen LogP contribution in [0.15, 0.2) is 18.5 Å². The Balaban J connectivity index is 1.89. The molecule has 0 radical (unpaired) electrons. The highest BCUT2D eigenvalue weighted by Crippen LogP contribution is 2.33. The Morgan fingerprint density at radius 1 is 1.38 bits per heavy atom. The van der Waals surface area contributed by atoms with Crippen molar-refractivity contribution in [1.29, 1.82) is 0 Å². The lowest BCUT2D eigenvalue weighted by atomic mass is 10.0. The Kier molecular flexibility index (Phi) is 3.38. The smallest absolute Gasteiger partial charge is 0.164 e. The summed E-state index contributed by atoms with van der Waals surface area (Å²) in [6.07, 6.45) is 6.55. The summed E-state index contributed by atoms with van der Waals surface area (Å²) in [6, 6.07) is 2.27. The first-order valence-electron chi connectivity index (χ1n) is 8.00. The SMILES string of the molecule is COC1C=Cc2cc(-c3nn(C(C)C)c4ncnc(N)c34)[nH]c2C1. The number of aromatic amines is 1. The molecule has 1 aliphatic rings. The van der Waals surface area contributed by atoms with Crippen LogP contribution in [0, 0.1) is 0 Å². The third kappa shape index (κ3) is 2.20. The maximum atomic E-state index is 6.12. The summed E-state index contributed by atoms with van der Waals surface area (Å²) in [7, 11) is 1.72. The van der Waals surface area contributed by atoms with Gasteiger partial charge in [-0.2, -0.15) is 5.10 Å². The van der Waals surface area contributed by atoms with E-state index in [2.05, 4.69) is 47.0 Å². The van der Waals surface area contributed by atoms with E-state index >= 15 is 0 Å². The zero-order valence-corrected chi connectivity index (χ0v) is 13.9. The molecule has 0 saturated heterocycles. The summed E-state index contributed by atoms with van der Waals surface area (Å²) in [5, 5.41) is 5.54. The lowest BCUT2D eigenvalue weighted by Gasteiger charge is -2.14. The predicted octanol–water partition coefficient (Wildman–Crippen LogP) is 2.57. The van der Waals surface area contributed by atoms with Crippen molar-refractivity contribution in [3.05, 3.63) is 29.7 Å². The van der Waals surface area contributed by atoms with Gasteiger partial charge in [-0.25, -0.2) is 14.6 Å². The van der Waals surface area contributed by atoms with Crippen LogP contribution in [0.5, 0.6) is 0 Å². The lowest BCUT2D eigenvalue weighted by Crippen LogP contribution is -2.14. The van der Waals surface area contributed by atoms with E-state index in [0.29, 0.717) is 5.82 Å². The largest absolute Gasteiger partial charge is 0.383 e. The van der Waals surface area contributed by atoms with Crippen molar-refractivity contribution in [3.63, 3.8) is 0 Å². The summed E-state index contributed by atoms with van der Waals surface area (Å²) in [5.41, 5.74) is 10.9. The number of H-pyrrole nitrogens is 1. The highest BCUT2D eigenvalue weighted by molar-refractivity contribution is 5.98. The zero-order chi connectivity index (χ0) is 16.8. The molecule has 1 aliphatic carbocycles. The summed E-state index contributed by atoms with van der Waals surface area (Å²) in [5.74, 6) is 0.444. The molecule has 1 atom stereocenters. The van der Waals surface area contributed by atoms with Crippen molar-refractivity contribution in [3.8, 4) is 11.4 Å². The maximum Gasteiger partial charge on any atom is 0.164 e. The number of methoxy groups -OCH3 is 1. The third-order valence-electron chi connectivity index (χ3n) is 4.39. The molecule has 0 bridgehead atoms. The van der Waals surface area contributed by atoms with Gasteiger partial charge in [0.25, 0.3) is 0 Å². The number of anilines is 1. The molecule has 0 aliphatic heterocycles. The van der Waals surface area contributed by atoms with Crippen LogP contribution in [0.25, 0.3) is 28.5 Å². The number of nitrogens with two attached hydrogens (primary N) is 1. The molecule has 0 amide bonds. The summed E-state index contributed by atoms with van der Waals surface area (Å²) in [4.78, 5) is 12.0. The molecule has 4 rings (SSSR count). The van der Waals surface area contributed by atoms with Crippen LogP contribution in [0.2, 0.25) is 0 Å². The first-order valence-corrected chi connectivity index (χ1v) is 8.00. The van der Waals surface area contributed by atoms with E-state index < -0.39 is 0 Å². The molecule has 3 aromatic heterocycles. The average molecular weight is 324 g/mol. The van der Waals surface area contributed by atoms with Crippen LogP contribution in [0.1, 0.15) is 31.1 Å². The van der Waals surface area contributed by atoms with Gasteiger partial charge in [0.05, 0.1) is 17.2 Å². The van der Waals surface area contributed by atoms with E-state index in [9.17, 15) is 0 Å². The van der Waals surface area contributed by atoms with Crippen LogP contribution in [-0.2, 0) is 11.2 Å². The van der Waals surface area contributed by atoms with E-state index in [0.717, 1.165) is 40.1 Å². The van der Waals surface area contributed by atoms with Gasteiger partial charge >= 0.3 is 0 Å². The molecular weight excluding hydrogens is 304 g/mol. The fourth-order valence-electron chi connectivity index (χ4n) is 3.14. The molecule has 24 heavy (non-hydrogen) atoms. The van der Waals surface area contributed by atoms with Crippen molar-refractivity contribution < 1.29 is 4.74 Å². The second-order valence-corrected chi connectivity index (χ2v) is 6.30. The average Bonchev–Trinajstić information content (AvgIpc) is 3.15. The summed E-state index contributed by atoms with van der Waals surface area (Å²) < 4.78 is 7.31. The summed E-state index contributed by atoms with van der Waals surface area (Å²) >= 11 is 0. The van der Waals surface area contributed by atoms with Crippen LogP contribution < -0.4 is 5.73 Å². The Morgan fingerprint density at radius 3 is 2.96 bits per heavy atom. The molecular formula is C17H20N6O. The molecule has 0 spiro atoms. The van der Waals surface area contributed by atoms with Crippen molar-refractivity contribution in [2.75, 3.05) is 12.8 Å². The highest BCUT2D eigenvalue weighted by atomic mass is 16.5. The molecule has 1 unspecified atom stereocenters. The third-order valence-corrected chi connectivity index (χ3v) is 4.39. The molecule has 3 aromatic rings. The number of nitrogens with zero attached hydrogens (tertiary/aromatic N) is 4. The number of rotatable bonds is 3. The quantitative estimate of drug-likeness (QED) is 0.772. The molecule has 0 aromatic carbocycles. The van der Waals surface area contributed by atoms with Crippen LogP contribution in [-0.4, -0.2) is 37.9 Å². The van der Waals surface area contributed by atoms with Crippen molar-refractivity contribution in [1.82, 2.24) is 24.7 Å². The van der Waals surface area contributed by atoms with E-state index in [1.165, 1.54) is 6.33 Å². The maximum absolute atomic E-state index is 6.12. The molecule has 124 valence electrons. The Hall–Kier alpha value is -2.67. The molecule has 7 nitrogen and oxygen atoms in total. The fraction of sp³-hybridized carbons (Fsp3) is 0.353. The standard InChI is InChI=1S/C17H20N6O/c1-9(2)23-17-14(16(18)19-8-20-17)15(22-23)13-6-10-4-5-11(24-3)7-12(10)21-13/h4-6,8-9,11,21H,7H2,1-3H3,(H2,18,19,20). The fourth-order valence-corrected chi connectivity index (χ4v) is 3.14. The van der Waals surface area contributed by atoms with E-state index in [1.54, 1.807) is 7.11 Å². The van der Waals surface area contributed by atoms with Gasteiger partial charge in [-0.1, -0.05) is 12.2 Å². The van der Waals surface area contributed by atoms with E-state index in [4.69, 9.17) is 15.6 Å². The second-order valence-electron chi connectivity index (χ2n) is 6.30. The lowest BCUT2D eigenvalue weighted by molar-refractivity contribution is 0.140. The minimum atomic E-state index is 0.0994. The van der Waals surface area contributed by atoms with Crippen LogP contribution in [0.4, 0.5) is 5.82 Å². The van der Waals surface area contributed by atoms with Gasteiger partial charge < -0.3 is 15.5 Å². The Labute approximate surface area is 139 Å². The van der Waals surface area contributed by atoms with Gasteiger partial charge in [0.2, 0.25) is 0 Å². The molecule has 3 heterocycles. The first kappa shape index (κ1) is 14.9. The summed E-state index contributed by atoms with van der Waals surface area (Å²) in [6.45, 7) is 4.14. The molecule has 3 N–H and O–H groups in total. The zero-order valence-electron chi connectivity index (χ0n) is 13.9. The van der Waals surface area contributed by atoms with Gasteiger partial charge in [-0.15, -0.1) is 0 Å². The van der Waals surface area contributed by atoms with E-state index in [-0.39, 0.29) is 12.1 Å². The number of nitrogens with one attached hydrogen (secondary N) is 1. The first-order chi connectivity index (χ1) is 11.6. The highest BCUT2D eigenvalue weighted by Gasteiger charge is 2.22. The van der Waals surface area contributed by atoms with Gasteiger partial charge in [0.15, 0.2) is 5.65 Å². The number of hydrogen-bond acceptors (Lipinski definition) is 5. The topological polar surface area (TPSA) is 94.6 Å². The van der Waals surface area contributed by atoms with Gasteiger partial charge in [0, 0.05) is 25.3 Å². The Bertz CT molecular complexity index is 936. The molecule has 7 heteroatoms. The van der Waals surface area contributed by atoms with Gasteiger partial charge in [0.1, 0.15) is 17.8 Å². The normalized spacial score (nSPS) is 16.9. The van der Waals surface area contributed by atoms with Gasteiger partial charge in [-0.3, -0.25) is 0 Å². The predicted molar refractivity (Wildman–Crippen MR) is 93.4 cm³/mol. The minimum Gasteiger partial charge on any atom is -0.383 e. The van der Waals surface area contributed by atoms with Crippen LogP contribution in [0.3, 0.4) is 0 Å². The number of ether oxygens (including phenoxy) is 1. The van der Waals surface area contributed by atoms with Crippen LogP contribution >= 0.6 is 0 Å². The number of aromatic nitrogens is 5. The molecule has 0 fully saturated rings. The molecule has 0 saturated carbocycles. The Morgan fingerprint density at radius 2 is 2.21 bits per heavy atom. The number of nitrogen functional groups attached to an aromatic ring is 1. The second kappa shape index (κ2) is 5.45. The number of hydrogen-bond donors (Lipinski definition) is 2. The van der Waals surface area contributed by atoms with Crippen molar-refractivity contribution in [2.24, 2.45) is 0 Å². The van der Waals surface area contributed by atoms with Crippen molar-refractivity contribution in [2.45, 2.75) is 32.4 Å². The van der Waals surface area contributed by atoms with Gasteiger partial charge in [-0.05, 0) is 25.5 Å². The van der Waals surface area contributed by atoms with E-state index in [1.807, 2.05) is 4.68 Å². The number of fused-ring (bicyclic) bond motifs is 2. The van der Waals surface area contributed by atoms with Crippen molar-refractivity contribution >= 4 is 22.9 Å². The monoisotopic (exact) mass is 324 g/mol. The minimum absolute atomic E-state index is 0.0994.